The molecule has 8 heteroatoms. The summed E-state index contributed by atoms with van der Waals surface area (Å²) in [5.41, 5.74) is -5.70. The summed E-state index contributed by atoms with van der Waals surface area (Å²) in [6, 6.07) is 1.17. The van der Waals surface area contributed by atoms with Crippen molar-refractivity contribution in [3.8, 4) is 0 Å². The molecule has 120 valence electrons. The van der Waals surface area contributed by atoms with Gasteiger partial charge in [-0.05, 0) is 6.92 Å². The first-order chi connectivity index (χ1) is 10.2. The molecule has 1 aromatic heterocycles. The van der Waals surface area contributed by atoms with Crippen LogP contribution in [0.3, 0.4) is 0 Å². The number of aliphatic hydroxyl groups is 3. The van der Waals surface area contributed by atoms with Gasteiger partial charge in [-0.2, -0.15) is 0 Å². The number of H-pyrrole nitrogens is 1. The molecule has 5 atom stereocenters. The van der Waals surface area contributed by atoms with Crippen LogP contribution in [0.4, 0.5) is 0 Å². The second-order valence-corrected chi connectivity index (χ2v) is 6.16. The zero-order valence-electron chi connectivity index (χ0n) is 12.0. The number of rotatable bonds is 3. The number of nitrogens with one attached hydrogen (secondary N) is 1. The van der Waals surface area contributed by atoms with E-state index in [4.69, 9.17) is 4.74 Å². The monoisotopic (exact) mass is 310 g/mol. The molecule has 3 rings (SSSR count). The lowest BCUT2D eigenvalue weighted by atomic mass is 9.81. The third kappa shape index (κ3) is 1.78. The highest BCUT2D eigenvalue weighted by molar-refractivity contribution is 5.29. The topological polar surface area (TPSA) is 125 Å². The number of aromatic nitrogens is 2. The molecule has 4 N–H and O–H groups in total. The van der Waals surface area contributed by atoms with Gasteiger partial charge in [0.25, 0.3) is 5.56 Å². The predicted molar refractivity (Wildman–Crippen MR) is 75.3 cm³/mol. The van der Waals surface area contributed by atoms with Gasteiger partial charge in [0.2, 0.25) is 0 Å². The lowest BCUT2D eigenvalue weighted by molar-refractivity contribution is -0.117. The third-order valence-corrected chi connectivity index (χ3v) is 4.77. The molecule has 1 saturated carbocycles. The van der Waals surface area contributed by atoms with Crippen LogP contribution in [0.5, 0.6) is 0 Å². The molecule has 2 heterocycles. The van der Waals surface area contributed by atoms with Crippen LogP contribution < -0.4 is 11.2 Å². The van der Waals surface area contributed by atoms with Gasteiger partial charge in [-0.1, -0.05) is 6.08 Å². The van der Waals surface area contributed by atoms with Crippen LogP contribution in [-0.4, -0.2) is 53.9 Å². The quantitative estimate of drug-likeness (QED) is 0.484. The van der Waals surface area contributed by atoms with Crippen LogP contribution in [0.1, 0.15) is 13.3 Å². The minimum atomic E-state index is -1.76. The lowest BCUT2D eigenvalue weighted by Crippen LogP contribution is -2.56. The van der Waals surface area contributed by atoms with Crippen molar-refractivity contribution >= 4 is 0 Å². The minimum absolute atomic E-state index is 0.162. The number of aliphatic hydroxyl groups excluding tert-OH is 2. The smallest absolute Gasteiger partial charge is 0.328 e. The average Bonchev–Trinajstić information content (AvgIpc) is 3.06. The van der Waals surface area contributed by atoms with Crippen LogP contribution in [0.15, 0.2) is 34.5 Å². The summed E-state index contributed by atoms with van der Waals surface area (Å²) in [5, 5.41) is 30.8. The largest absolute Gasteiger partial charge is 0.390 e. The van der Waals surface area contributed by atoms with Crippen molar-refractivity contribution in [3.05, 3.63) is 45.8 Å². The summed E-state index contributed by atoms with van der Waals surface area (Å²) in [6.07, 6.45) is 0.565. The van der Waals surface area contributed by atoms with E-state index < -0.39 is 40.3 Å². The van der Waals surface area contributed by atoms with Crippen LogP contribution in [-0.2, 0) is 11.3 Å². The summed E-state index contributed by atoms with van der Waals surface area (Å²) in [6.45, 7) is 4.85. The van der Waals surface area contributed by atoms with Gasteiger partial charge in [0, 0.05) is 18.7 Å². The Hall–Kier alpha value is -1.74. The number of ether oxygens (including phenoxy) is 1. The molecule has 1 aromatic rings. The third-order valence-electron chi connectivity index (χ3n) is 4.77. The highest BCUT2D eigenvalue weighted by Crippen LogP contribution is 2.58. The van der Waals surface area contributed by atoms with Gasteiger partial charge < -0.3 is 20.1 Å². The fraction of sp³-hybridized carbons (Fsp3) is 0.571. The van der Waals surface area contributed by atoms with E-state index in [2.05, 4.69) is 11.6 Å². The zero-order chi connectivity index (χ0) is 16.3. The maximum Gasteiger partial charge on any atom is 0.328 e. The summed E-state index contributed by atoms with van der Waals surface area (Å²) in [5.74, 6) is 0. The van der Waals surface area contributed by atoms with Crippen molar-refractivity contribution in [2.24, 2.45) is 0 Å². The molecular weight excluding hydrogens is 292 g/mol. The van der Waals surface area contributed by atoms with E-state index in [1.807, 2.05) is 0 Å². The van der Waals surface area contributed by atoms with Gasteiger partial charge in [0.15, 0.2) is 0 Å². The first kappa shape index (κ1) is 15.2. The second kappa shape index (κ2) is 4.39. The molecular formula is C14H18N2O6. The summed E-state index contributed by atoms with van der Waals surface area (Å²) in [4.78, 5) is 25.1. The molecule has 22 heavy (non-hydrogen) atoms. The van der Waals surface area contributed by atoms with Crippen molar-refractivity contribution < 1.29 is 20.1 Å². The normalized spacial score (nSPS) is 43.5. The van der Waals surface area contributed by atoms with Gasteiger partial charge in [0.05, 0.1) is 12.6 Å². The molecule has 0 bridgehead atoms. The maximum absolute atomic E-state index is 11.8. The Labute approximate surface area is 125 Å². The van der Waals surface area contributed by atoms with Gasteiger partial charge in [-0.25, -0.2) is 4.79 Å². The highest BCUT2D eigenvalue weighted by Gasteiger charge is 2.76. The van der Waals surface area contributed by atoms with Gasteiger partial charge >= 0.3 is 5.69 Å². The molecule has 1 aliphatic heterocycles. The number of nitrogens with zero attached hydrogens (tertiary/aromatic N) is 1. The van der Waals surface area contributed by atoms with Gasteiger partial charge in [-0.3, -0.25) is 14.3 Å². The molecule has 0 amide bonds. The maximum atomic E-state index is 11.8. The van der Waals surface area contributed by atoms with Crippen molar-refractivity contribution in [1.82, 2.24) is 9.55 Å². The number of hydrogen-bond acceptors (Lipinski definition) is 6. The molecule has 1 spiro atoms. The molecule has 0 aromatic carbocycles. The van der Waals surface area contributed by atoms with Gasteiger partial charge in [0.1, 0.15) is 22.9 Å². The Kier molecular flexibility index (Phi) is 3.02. The molecule has 8 nitrogen and oxygen atoms in total. The predicted octanol–water partition coefficient (Wildman–Crippen LogP) is -1.89. The Morgan fingerprint density at radius 1 is 1.55 bits per heavy atom. The molecule has 2 fully saturated rings. The fourth-order valence-electron chi connectivity index (χ4n) is 3.18. The zero-order valence-corrected chi connectivity index (χ0v) is 12.0. The molecule has 2 aliphatic rings. The SMILES string of the molecule is C=C[C@@]1(Cn2ccc(=O)[nH]c2=O)OC2(CC2O)[C@@H](O)[C@@]1(C)O. The van der Waals surface area contributed by atoms with E-state index in [1.165, 1.54) is 25.3 Å². The van der Waals surface area contributed by atoms with E-state index in [0.29, 0.717) is 0 Å². The Morgan fingerprint density at radius 3 is 2.64 bits per heavy atom. The number of hydrogen-bond donors (Lipinski definition) is 4. The first-order valence-electron chi connectivity index (χ1n) is 6.90. The first-order valence-corrected chi connectivity index (χ1v) is 6.90. The Balaban J connectivity index is 2.04. The summed E-state index contributed by atoms with van der Waals surface area (Å²) in [7, 11) is 0. The Bertz CT molecular complexity index is 737. The molecule has 0 radical (unpaired) electrons. The van der Waals surface area contributed by atoms with E-state index in [-0.39, 0.29) is 13.0 Å². The standard InChI is InChI=1S/C14H18N2O6/c1-3-13(7-16-5-4-9(18)15-11(16)20)12(2,21)10(19)14(22-13)6-8(14)17/h3-5,8,10,17,19,21H,1,6-7H2,2H3,(H,15,18,20)/t8?,10-,12+,13-,14?/m0/s1. The second-order valence-electron chi connectivity index (χ2n) is 6.16. The summed E-state index contributed by atoms with van der Waals surface area (Å²) < 4.78 is 6.96. The van der Waals surface area contributed by atoms with Gasteiger partial charge in [-0.15, -0.1) is 6.58 Å². The van der Waals surface area contributed by atoms with E-state index in [0.717, 1.165) is 4.57 Å². The van der Waals surface area contributed by atoms with E-state index in [9.17, 15) is 24.9 Å². The van der Waals surface area contributed by atoms with E-state index >= 15 is 0 Å². The van der Waals surface area contributed by atoms with Crippen molar-refractivity contribution in [3.63, 3.8) is 0 Å². The van der Waals surface area contributed by atoms with Crippen LogP contribution in [0.2, 0.25) is 0 Å². The summed E-state index contributed by atoms with van der Waals surface area (Å²) >= 11 is 0. The van der Waals surface area contributed by atoms with Crippen molar-refractivity contribution in [2.45, 2.75) is 48.9 Å². The van der Waals surface area contributed by atoms with Crippen molar-refractivity contribution in [2.75, 3.05) is 0 Å². The highest BCUT2D eigenvalue weighted by atomic mass is 16.6. The minimum Gasteiger partial charge on any atom is -0.390 e. The van der Waals surface area contributed by atoms with E-state index in [1.54, 1.807) is 0 Å². The van der Waals surface area contributed by atoms with Crippen molar-refractivity contribution in [1.29, 1.82) is 0 Å². The Morgan fingerprint density at radius 2 is 2.18 bits per heavy atom. The van der Waals surface area contributed by atoms with Crippen LogP contribution in [0.25, 0.3) is 0 Å². The average molecular weight is 310 g/mol. The lowest BCUT2D eigenvalue weighted by Gasteiger charge is -2.37. The van der Waals surface area contributed by atoms with Crippen LogP contribution >= 0.6 is 0 Å². The number of aromatic amines is 1. The van der Waals surface area contributed by atoms with Crippen LogP contribution in [0, 0.1) is 0 Å². The molecule has 1 saturated heterocycles. The molecule has 1 aliphatic carbocycles. The molecule has 2 unspecified atom stereocenters. The fourth-order valence-corrected chi connectivity index (χ4v) is 3.18.